The molecule has 0 amide bonds. The van der Waals surface area contributed by atoms with E-state index in [1.165, 1.54) is 0 Å². The Kier molecular flexibility index (Phi) is 17.8. The van der Waals surface area contributed by atoms with Gasteiger partial charge in [-0.2, -0.15) is 0 Å². The summed E-state index contributed by atoms with van der Waals surface area (Å²) in [5.41, 5.74) is 1.14. The van der Waals surface area contributed by atoms with Gasteiger partial charge in [-0.05, 0) is 104 Å². The summed E-state index contributed by atoms with van der Waals surface area (Å²) >= 11 is 0. The second-order valence-corrected chi connectivity index (χ2v) is 32.9. The van der Waals surface area contributed by atoms with Crippen LogP contribution < -0.4 is 4.74 Å². The molecule has 0 bridgehead atoms. The molecule has 1 N–H and O–H groups in total. The molecule has 4 atom stereocenters. The second kappa shape index (κ2) is 18.8. The number of aliphatic hydroxyl groups is 1. The number of methoxy groups -OCH3 is 1. The summed E-state index contributed by atoms with van der Waals surface area (Å²) in [4.78, 5) is 0. The normalized spacial score (nSPS) is 16.5. The molecule has 0 aliphatic heterocycles. The number of benzene rings is 1. The van der Waals surface area contributed by atoms with Crippen molar-refractivity contribution in [1.29, 1.82) is 0 Å². The van der Waals surface area contributed by atoms with Crippen LogP contribution in [0.15, 0.2) is 24.3 Å². The van der Waals surface area contributed by atoms with E-state index in [0.717, 1.165) is 49.8 Å². The molecular formula is C39H78O6Si3. The predicted molar refractivity (Wildman–Crippen MR) is 213 cm³/mol. The number of aliphatic hydroxyl groups excluding tert-OH is 1. The highest BCUT2D eigenvalue weighted by Gasteiger charge is 2.44. The van der Waals surface area contributed by atoms with Crippen LogP contribution in [-0.2, 0) is 24.6 Å². The van der Waals surface area contributed by atoms with Crippen LogP contribution in [0.2, 0.25) is 54.4 Å². The topological polar surface area (TPSA) is 66.4 Å². The number of rotatable bonds is 21. The van der Waals surface area contributed by atoms with E-state index in [1.54, 1.807) is 7.11 Å². The van der Waals surface area contributed by atoms with E-state index in [2.05, 4.69) is 121 Å². The first kappa shape index (κ1) is 45.5. The minimum absolute atomic E-state index is 0.00568. The van der Waals surface area contributed by atoms with E-state index in [-0.39, 0.29) is 46.1 Å². The summed E-state index contributed by atoms with van der Waals surface area (Å²) in [5, 5.41) is 10.4. The predicted octanol–water partition coefficient (Wildman–Crippen LogP) is 11.5. The van der Waals surface area contributed by atoms with E-state index in [1.807, 2.05) is 12.1 Å². The van der Waals surface area contributed by atoms with Crippen LogP contribution in [0.25, 0.3) is 0 Å². The average Bonchev–Trinajstić information content (AvgIpc) is 2.93. The molecule has 1 rings (SSSR count). The van der Waals surface area contributed by atoms with Gasteiger partial charge in [-0.25, -0.2) is 0 Å². The highest BCUT2D eigenvalue weighted by Crippen LogP contribution is 2.42. The van der Waals surface area contributed by atoms with E-state index in [9.17, 15) is 5.11 Å². The number of hydrogen-bond donors (Lipinski definition) is 1. The SMILES string of the molecule is CCCC[C@@H](OCc1ccc(OC)cc1)[C@@H](CC[C@@H](C[C@@H](CCO)O[Si](C)(C)C(C)(C)C)O[Si](C)(C)C(C)(C)C)O[Si](C)(C)C(C)(C)C. The first-order valence-corrected chi connectivity index (χ1v) is 27.4. The van der Waals surface area contributed by atoms with Crippen LogP contribution in [0.5, 0.6) is 5.75 Å². The van der Waals surface area contributed by atoms with Gasteiger partial charge in [0.25, 0.3) is 0 Å². The molecule has 0 unspecified atom stereocenters. The van der Waals surface area contributed by atoms with Crippen molar-refractivity contribution >= 4 is 25.0 Å². The van der Waals surface area contributed by atoms with Crippen molar-refractivity contribution in [2.24, 2.45) is 0 Å². The van der Waals surface area contributed by atoms with Gasteiger partial charge in [-0.1, -0.05) is 94.2 Å². The van der Waals surface area contributed by atoms with Crippen molar-refractivity contribution in [3.63, 3.8) is 0 Å². The third kappa shape index (κ3) is 14.6. The zero-order valence-corrected chi connectivity index (χ0v) is 37.5. The lowest BCUT2D eigenvalue weighted by Gasteiger charge is -2.44. The molecule has 9 heteroatoms. The molecule has 0 spiro atoms. The Labute approximate surface area is 300 Å². The van der Waals surface area contributed by atoms with E-state index in [4.69, 9.17) is 22.8 Å². The summed E-state index contributed by atoms with van der Waals surface area (Å²) in [6.07, 6.45) is 6.17. The van der Waals surface area contributed by atoms with Crippen molar-refractivity contribution in [2.75, 3.05) is 13.7 Å². The van der Waals surface area contributed by atoms with Crippen LogP contribution in [-0.4, -0.2) is 68.2 Å². The zero-order valence-electron chi connectivity index (χ0n) is 34.5. The van der Waals surface area contributed by atoms with Gasteiger partial charge >= 0.3 is 0 Å². The Bertz CT molecular complexity index is 1040. The number of hydrogen-bond acceptors (Lipinski definition) is 6. The van der Waals surface area contributed by atoms with Gasteiger partial charge in [0.1, 0.15) is 5.75 Å². The third-order valence-corrected chi connectivity index (χ3v) is 25.0. The van der Waals surface area contributed by atoms with Gasteiger partial charge in [-0.3, -0.25) is 0 Å². The van der Waals surface area contributed by atoms with Crippen molar-refractivity contribution in [3.8, 4) is 5.75 Å². The Hall–Kier alpha value is -0.529. The number of unbranched alkanes of at least 4 members (excludes halogenated alkanes) is 1. The Balaban J connectivity index is 3.50. The fraction of sp³-hybridized carbons (Fsp3) is 0.846. The monoisotopic (exact) mass is 727 g/mol. The first-order chi connectivity index (χ1) is 21.8. The molecule has 1 aromatic carbocycles. The third-order valence-electron chi connectivity index (χ3n) is 11.4. The quantitative estimate of drug-likeness (QED) is 0.127. The summed E-state index contributed by atoms with van der Waals surface area (Å²) < 4.78 is 33.7. The van der Waals surface area contributed by atoms with Gasteiger partial charge in [-0.15, -0.1) is 0 Å². The molecule has 6 nitrogen and oxygen atoms in total. The molecule has 0 radical (unpaired) electrons. The van der Waals surface area contributed by atoms with Crippen LogP contribution in [0, 0.1) is 0 Å². The first-order valence-electron chi connectivity index (χ1n) is 18.7. The molecule has 0 saturated carbocycles. The lowest BCUT2D eigenvalue weighted by molar-refractivity contribution is -0.0522. The van der Waals surface area contributed by atoms with Gasteiger partial charge < -0.3 is 27.9 Å². The van der Waals surface area contributed by atoms with Crippen molar-refractivity contribution < 1.29 is 27.9 Å². The minimum Gasteiger partial charge on any atom is -0.497 e. The second-order valence-electron chi connectivity index (χ2n) is 18.6. The largest absolute Gasteiger partial charge is 0.497 e. The van der Waals surface area contributed by atoms with Gasteiger partial charge in [0.2, 0.25) is 0 Å². The molecule has 0 heterocycles. The molecular weight excluding hydrogens is 649 g/mol. The van der Waals surface area contributed by atoms with Crippen LogP contribution in [0.3, 0.4) is 0 Å². The summed E-state index contributed by atoms with van der Waals surface area (Å²) in [7, 11) is -4.57. The number of ether oxygens (including phenoxy) is 2. The van der Waals surface area contributed by atoms with E-state index < -0.39 is 25.0 Å². The summed E-state index contributed by atoms with van der Waals surface area (Å²) in [6, 6.07) is 8.18. The van der Waals surface area contributed by atoms with Gasteiger partial charge in [0, 0.05) is 18.8 Å². The Morgan fingerprint density at radius 2 is 1.08 bits per heavy atom. The molecule has 282 valence electrons. The molecule has 48 heavy (non-hydrogen) atoms. The lowest BCUT2D eigenvalue weighted by Crippen LogP contribution is -2.49. The minimum atomic E-state index is -2.12. The van der Waals surface area contributed by atoms with E-state index >= 15 is 0 Å². The molecule has 0 aliphatic rings. The van der Waals surface area contributed by atoms with Crippen molar-refractivity contribution in [2.45, 2.75) is 200 Å². The lowest BCUT2D eigenvalue weighted by atomic mass is 9.98. The fourth-order valence-corrected chi connectivity index (χ4v) is 9.19. The molecule has 0 aromatic heterocycles. The van der Waals surface area contributed by atoms with Crippen LogP contribution >= 0.6 is 0 Å². The van der Waals surface area contributed by atoms with Gasteiger partial charge in [0.05, 0.1) is 25.9 Å². The Morgan fingerprint density at radius 3 is 1.50 bits per heavy atom. The molecule has 1 aromatic rings. The van der Waals surface area contributed by atoms with Crippen LogP contribution in [0.4, 0.5) is 0 Å². The average molecular weight is 727 g/mol. The maximum atomic E-state index is 10.1. The van der Waals surface area contributed by atoms with Crippen molar-refractivity contribution in [1.82, 2.24) is 0 Å². The molecule has 0 fully saturated rings. The highest BCUT2D eigenvalue weighted by atomic mass is 28.4. The summed E-state index contributed by atoms with van der Waals surface area (Å²) in [6.45, 7) is 37.6. The zero-order chi connectivity index (χ0) is 37.2. The smallest absolute Gasteiger partial charge is 0.192 e. The van der Waals surface area contributed by atoms with Gasteiger partial charge in [0.15, 0.2) is 25.0 Å². The summed E-state index contributed by atoms with van der Waals surface area (Å²) in [5.74, 6) is 0.852. The molecule has 0 saturated heterocycles. The maximum Gasteiger partial charge on any atom is 0.192 e. The fourth-order valence-electron chi connectivity index (χ4n) is 5.01. The Morgan fingerprint density at radius 1 is 0.625 bits per heavy atom. The van der Waals surface area contributed by atoms with E-state index in [0.29, 0.717) is 13.0 Å². The highest BCUT2D eigenvalue weighted by molar-refractivity contribution is 6.75. The standard InChI is InChI=1S/C39H78O6Si3/c1-18-19-20-35(42-30-31-21-23-32(41-11)24-22-31)36(45-48(16,17)39(8,9)10)26-25-33(43-46(12,13)37(2,3)4)29-34(27-28-40)44-47(14,15)38(5,6)7/h21-24,33-36,40H,18-20,25-30H2,1-17H3/t33-,34+,35+,36+/m0/s1. The molecule has 0 aliphatic carbocycles. The van der Waals surface area contributed by atoms with Crippen LogP contribution in [0.1, 0.15) is 120 Å². The van der Waals surface area contributed by atoms with Crippen molar-refractivity contribution in [3.05, 3.63) is 29.8 Å². The maximum absolute atomic E-state index is 10.1.